The van der Waals surface area contributed by atoms with Crippen molar-refractivity contribution in [1.82, 2.24) is 4.98 Å². The lowest BCUT2D eigenvalue weighted by Crippen LogP contribution is -1.89. The van der Waals surface area contributed by atoms with Crippen molar-refractivity contribution in [3.63, 3.8) is 0 Å². The van der Waals surface area contributed by atoms with E-state index in [4.69, 9.17) is 4.74 Å². The Kier molecular flexibility index (Phi) is 3.82. The second-order valence-electron chi connectivity index (χ2n) is 3.84. The zero-order valence-corrected chi connectivity index (χ0v) is 12.7. The molecule has 0 fully saturated rings. The van der Waals surface area contributed by atoms with Crippen molar-refractivity contribution in [3.05, 3.63) is 33.2 Å². The summed E-state index contributed by atoms with van der Waals surface area (Å²) in [5, 5.41) is 0.823. The third kappa shape index (κ3) is 2.47. The topological polar surface area (TPSA) is 39.2 Å². The molecular formula is C13H12BrNO2S. The largest absolute Gasteiger partial charge is 0.497 e. The molecule has 0 radical (unpaired) electrons. The highest BCUT2D eigenvalue weighted by Gasteiger charge is 2.15. The molecule has 0 aliphatic heterocycles. The summed E-state index contributed by atoms with van der Waals surface area (Å²) in [6.45, 7) is 3.41. The van der Waals surface area contributed by atoms with Crippen molar-refractivity contribution in [1.29, 1.82) is 0 Å². The number of aryl methyl sites for hydroxylation is 1. The Morgan fingerprint density at radius 1 is 1.44 bits per heavy atom. The summed E-state index contributed by atoms with van der Waals surface area (Å²) in [4.78, 5) is 16.6. The van der Waals surface area contributed by atoms with Gasteiger partial charge in [0.25, 0.3) is 0 Å². The normalized spacial score (nSPS) is 10.4. The van der Waals surface area contributed by atoms with E-state index in [1.54, 1.807) is 14.0 Å². The zero-order chi connectivity index (χ0) is 13.3. The van der Waals surface area contributed by atoms with Gasteiger partial charge in [-0.1, -0.05) is 15.9 Å². The lowest BCUT2D eigenvalue weighted by Gasteiger charge is -2.04. The third-order valence-corrected chi connectivity index (χ3v) is 4.50. The first-order valence-corrected chi connectivity index (χ1v) is 6.96. The van der Waals surface area contributed by atoms with Crippen LogP contribution in [0.5, 0.6) is 5.75 Å². The van der Waals surface area contributed by atoms with E-state index >= 15 is 0 Å². The molecule has 1 aromatic carbocycles. The van der Waals surface area contributed by atoms with Crippen molar-refractivity contribution in [2.24, 2.45) is 0 Å². The standard InChI is InChI=1S/C13H12BrNO2S/c1-7-12(8(2)16)18-13(15-7)10-6-9(17-3)4-5-11(10)14/h4-6H,1-3H3. The summed E-state index contributed by atoms with van der Waals surface area (Å²) in [6, 6.07) is 5.70. The molecule has 94 valence electrons. The predicted molar refractivity (Wildman–Crippen MR) is 76.5 cm³/mol. The van der Waals surface area contributed by atoms with E-state index in [-0.39, 0.29) is 5.78 Å². The van der Waals surface area contributed by atoms with Crippen molar-refractivity contribution >= 4 is 33.0 Å². The first kappa shape index (κ1) is 13.2. The van der Waals surface area contributed by atoms with E-state index in [0.29, 0.717) is 4.88 Å². The van der Waals surface area contributed by atoms with Crippen LogP contribution in [0.4, 0.5) is 0 Å². The molecule has 0 spiro atoms. The number of ketones is 1. The van der Waals surface area contributed by atoms with Gasteiger partial charge in [-0.3, -0.25) is 4.79 Å². The molecule has 0 N–H and O–H groups in total. The molecule has 18 heavy (non-hydrogen) atoms. The number of rotatable bonds is 3. The fraction of sp³-hybridized carbons (Fsp3) is 0.231. The Labute approximate surface area is 118 Å². The minimum atomic E-state index is 0.0512. The van der Waals surface area contributed by atoms with E-state index in [2.05, 4.69) is 20.9 Å². The van der Waals surface area contributed by atoms with Gasteiger partial charge in [0.2, 0.25) is 0 Å². The molecule has 1 aromatic heterocycles. The van der Waals surface area contributed by atoms with E-state index in [1.165, 1.54) is 11.3 Å². The summed E-state index contributed by atoms with van der Waals surface area (Å²) in [7, 11) is 1.63. The highest BCUT2D eigenvalue weighted by Crippen LogP contribution is 2.35. The highest BCUT2D eigenvalue weighted by molar-refractivity contribution is 9.10. The maximum Gasteiger partial charge on any atom is 0.171 e. The maximum absolute atomic E-state index is 11.5. The van der Waals surface area contributed by atoms with E-state index < -0.39 is 0 Å². The molecule has 5 heteroatoms. The number of aromatic nitrogens is 1. The van der Waals surface area contributed by atoms with Crippen LogP contribution in [0.3, 0.4) is 0 Å². The number of hydrogen-bond acceptors (Lipinski definition) is 4. The number of ether oxygens (including phenoxy) is 1. The monoisotopic (exact) mass is 325 g/mol. The van der Waals surface area contributed by atoms with Crippen LogP contribution in [0.2, 0.25) is 0 Å². The molecule has 0 aliphatic rings. The molecule has 0 saturated heterocycles. The van der Waals surface area contributed by atoms with Crippen LogP contribution in [0.15, 0.2) is 22.7 Å². The molecule has 0 atom stereocenters. The molecule has 0 bridgehead atoms. The van der Waals surface area contributed by atoms with Gasteiger partial charge in [-0.05, 0) is 25.1 Å². The quantitative estimate of drug-likeness (QED) is 0.798. The van der Waals surface area contributed by atoms with Gasteiger partial charge in [0, 0.05) is 17.0 Å². The number of carbonyl (C=O) groups excluding carboxylic acids is 1. The van der Waals surface area contributed by atoms with Gasteiger partial charge in [0.15, 0.2) is 5.78 Å². The van der Waals surface area contributed by atoms with Crippen LogP contribution >= 0.6 is 27.3 Å². The van der Waals surface area contributed by atoms with Crippen molar-refractivity contribution < 1.29 is 9.53 Å². The predicted octanol–water partition coefficient (Wildman–Crippen LogP) is 4.09. The SMILES string of the molecule is COc1ccc(Br)c(-c2nc(C)c(C(C)=O)s2)c1. The molecule has 2 aromatic rings. The maximum atomic E-state index is 11.5. The minimum Gasteiger partial charge on any atom is -0.497 e. The van der Waals surface area contributed by atoms with E-state index in [1.807, 2.05) is 25.1 Å². The lowest BCUT2D eigenvalue weighted by molar-refractivity contribution is 0.102. The summed E-state index contributed by atoms with van der Waals surface area (Å²) in [5.74, 6) is 0.820. The van der Waals surface area contributed by atoms with Crippen molar-refractivity contribution in [2.75, 3.05) is 7.11 Å². The number of Topliss-reactive ketones (excluding diaryl/α,β-unsaturated/α-hetero) is 1. The molecule has 0 saturated carbocycles. The number of benzene rings is 1. The number of hydrogen-bond donors (Lipinski definition) is 0. The lowest BCUT2D eigenvalue weighted by atomic mass is 10.2. The number of halogens is 1. The number of methoxy groups -OCH3 is 1. The first-order valence-electron chi connectivity index (χ1n) is 5.35. The van der Waals surface area contributed by atoms with Gasteiger partial charge >= 0.3 is 0 Å². The second-order valence-corrected chi connectivity index (χ2v) is 5.69. The number of nitrogens with zero attached hydrogens (tertiary/aromatic N) is 1. The Hall–Kier alpha value is -1.20. The second kappa shape index (κ2) is 5.20. The molecular weight excluding hydrogens is 314 g/mol. The molecule has 0 unspecified atom stereocenters. The average molecular weight is 326 g/mol. The summed E-state index contributed by atoms with van der Waals surface area (Å²) >= 11 is 4.90. The van der Waals surface area contributed by atoms with Crippen LogP contribution in [-0.4, -0.2) is 17.9 Å². The van der Waals surface area contributed by atoms with Crippen LogP contribution in [0.25, 0.3) is 10.6 Å². The van der Waals surface area contributed by atoms with Gasteiger partial charge in [-0.25, -0.2) is 4.98 Å². The summed E-state index contributed by atoms with van der Waals surface area (Å²) in [5.41, 5.74) is 1.71. The Balaban J connectivity index is 2.54. The van der Waals surface area contributed by atoms with E-state index in [0.717, 1.165) is 26.5 Å². The fourth-order valence-corrected chi connectivity index (χ4v) is 3.19. The van der Waals surface area contributed by atoms with Crippen LogP contribution in [0.1, 0.15) is 22.3 Å². The van der Waals surface area contributed by atoms with Gasteiger partial charge in [0.05, 0.1) is 17.7 Å². The van der Waals surface area contributed by atoms with Crippen molar-refractivity contribution in [2.45, 2.75) is 13.8 Å². The minimum absolute atomic E-state index is 0.0512. The Morgan fingerprint density at radius 3 is 2.72 bits per heavy atom. The molecule has 3 nitrogen and oxygen atoms in total. The van der Waals surface area contributed by atoms with Gasteiger partial charge in [0.1, 0.15) is 10.8 Å². The van der Waals surface area contributed by atoms with Gasteiger partial charge in [-0.15, -0.1) is 11.3 Å². The Bertz CT molecular complexity index is 607. The van der Waals surface area contributed by atoms with Gasteiger partial charge < -0.3 is 4.74 Å². The van der Waals surface area contributed by atoms with E-state index in [9.17, 15) is 4.79 Å². The molecule has 0 aliphatic carbocycles. The van der Waals surface area contributed by atoms with Crippen molar-refractivity contribution in [3.8, 4) is 16.3 Å². The first-order chi connectivity index (χ1) is 8.52. The summed E-state index contributed by atoms with van der Waals surface area (Å²) < 4.78 is 6.14. The fourth-order valence-electron chi connectivity index (χ4n) is 1.63. The average Bonchev–Trinajstić information content (AvgIpc) is 2.72. The number of carbonyl (C=O) groups is 1. The highest BCUT2D eigenvalue weighted by atomic mass is 79.9. The zero-order valence-electron chi connectivity index (χ0n) is 10.3. The molecule has 0 amide bonds. The van der Waals surface area contributed by atoms with Crippen LogP contribution < -0.4 is 4.74 Å². The van der Waals surface area contributed by atoms with Crippen LogP contribution in [0, 0.1) is 6.92 Å². The third-order valence-electron chi connectivity index (χ3n) is 2.52. The molecule has 1 heterocycles. The Morgan fingerprint density at radius 2 is 2.17 bits per heavy atom. The summed E-state index contributed by atoms with van der Waals surface area (Å²) in [6.07, 6.45) is 0. The number of thiazole rings is 1. The molecule has 2 rings (SSSR count). The smallest absolute Gasteiger partial charge is 0.171 e. The van der Waals surface area contributed by atoms with Crippen LogP contribution in [-0.2, 0) is 0 Å². The van der Waals surface area contributed by atoms with Gasteiger partial charge in [-0.2, -0.15) is 0 Å².